The number of hydrogen-bond donors (Lipinski definition) is 3. The summed E-state index contributed by atoms with van der Waals surface area (Å²) < 4.78 is 0. The van der Waals surface area contributed by atoms with E-state index in [9.17, 15) is 10.2 Å². The van der Waals surface area contributed by atoms with Crippen LogP contribution < -0.4 is 5.32 Å². The molecule has 5 aromatic rings. The Morgan fingerprint density at radius 2 is 1.40 bits per heavy atom. The van der Waals surface area contributed by atoms with Gasteiger partial charge in [-0.25, -0.2) is 0 Å². The van der Waals surface area contributed by atoms with Gasteiger partial charge < -0.3 is 15.5 Å². The molecular formula is C51H42N2O2. The quantitative estimate of drug-likeness (QED) is 0.159. The highest BCUT2D eigenvalue weighted by molar-refractivity contribution is 6.24. The third-order valence-electron chi connectivity index (χ3n) is 15.1. The summed E-state index contributed by atoms with van der Waals surface area (Å²) in [6.07, 6.45) is 10.6. The zero-order valence-electron chi connectivity index (χ0n) is 31.5. The highest BCUT2D eigenvalue weighted by atomic mass is 16.3. The van der Waals surface area contributed by atoms with E-state index in [-0.39, 0.29) is 16.6 Å². The van der Waals surface area contributed by atoms with Crippen molar-refractivity contribution in [1.29, 1.82) is 0 Å². The number of fused-ring (bicyclic) bond motifs is 13. The number of rotatable bonds is 1. The molecule has 0 saturated heterocycles. The third kappa shape index (κ3) is 3.53. The number of aliphatic hydroxyl groups is 2. The maximum absolute atomic E-state index is 12.3. The predicted octanol–water partition coefficient (Wildman–Crippen LogP) is 12.3. The maximum Gasteiger partial charge on any atom is 0.128 e. The molecule has 4 nitrogen and oxygen atoms in total. The van der Waals surface area contributed by atoms with Crippen molar-refractivity contribution in [3.8, 4) is 22.3 Å². The fourth-order valence-corrected chi connectivity index (χ4v) is 12.5. The first kappa shape index (κ1) is 30.8. The second-order valence-corrected chi connectivity index (χ2v) is 18.0. The number of benzene rings is 5. The summed E-state index contributed by atoms with van der Waals surface area (Å²) >= 11 is 0. The van der Waals surface area contributed by atoms with Crippen LogP contribution >= 0.6 is 0 Å². The lowest BCUT2D eigenvalue weighted by Gasteiger charge is -2.41. The lowest BCUT2D eigenvalue weighted by molar-refractivity contribution is 0.200. The van der Waals surface area contributed by atoms with Crippen molar-refractivity contribution in [2.75, 3.05) is 5.32 Å². The molecule has 55 heavy (non-hydrogen) atoms. The molecule has 1 saturated carbocycles. The Labute approximate surface area is 321 Å². The Bertz CT molecular complexity index is 2950. The third-order valence-corrected chi connectivity index (χ3v) is 15.1. The largest absolute Gasteiger partial charge is 0.507 e. The molecule has 13 rings (SSSR count). The molecule has 0 aromatic heterocycles. The van der Waals surface area contributed by atoms with E-state index in [4.69, 9.17) is 4.99 Å². The number of nitrogens with one attached hydrogen (secondary N) is 1. The van der Waals surface area contributed by atoms with Gasteiger partial charge in [-0.05, 0) is 154 Å². The summed E-state index contributed by atoms with van der Waals surface area (Å²) in [6, 6.07) is 27.1. The van der Waals surface area contributed by atoms with Crippen LogP contribution in [0.4, 0.5) is 11.4 Å². The Hall–Kier alpha value is -5.45. The van der Waals surface area contributed by atoms with Gasteiger partial charge in [-0.15, -0.1) is 0 Å². The van der Waals surface area contributed by atoms with Crippen molar-refractivity contribution in [3.63, 3.8) is 0 Å². The first-order valence-corrected chi connectivity index (χ1v) is 20.4. The van der Waals surface area contributed by atoms with Gasteiger partial charge in [-0.1, -0.05) is 79.7 Å². The number of aliphatic imine (C=N–C) groups is 1. The van der Waals surface area contributed by atoms with Gasteiger partial charge in [0.1, 0.15) is 11.9 Å². The Morgan fingerprint density at radius 1 is 0.709 bits per heavy atom. The molecule has 2 aliphatic heterocycles. The molecular weight excluding hydrogens is 673 g/mol. The van der Waals surface area contributed by atoms with Crippen molar-refractivity contribution >= 4 is 49.8 Å². The van der Waals surface area contributed by atoms with Gasteiger partial charge in [0.25, 0.3) is 0 Å². The molecule has 268 valence electrons. The van der Waals surface area contributed by atoms with E-state index in [1.807, 2.05) is 0 Å². The fourth-order valence-electron chi connectivity index (χ4n) is 12.5. The molecule has 4 atom stereocenters. The van der Waals surface area contributed by atoms with Crippen molar-refractivity contribution < 1.29 is 10.2 Å². The predicted molar refractivity (Wildman–Crippen MR) is 225 cm³/mol. The maximum atomic E-state index is 12.3. The molecule has 2 heterocycles. The Kier molecular flexibility index (Phi) is 5.63. The van der Waals surface area contributed by atoms with Crippen molar-refractivity contribution in [2.24, 2.45) is 10.9 Å². The van der Waals surface area contributed by atoms with E-state index in [0.29, 0.717) is 17.1 Å². The van der Waals surface area contributed by atoms with Crippen LogP contribution in [-0.2, 0) is 10.8 Å². The summed E-state index contributed by atoms with van der Waals surface area (Å²) in [5.41, 5.74) is 20.9. The van der Waals surface area contributed by atoms with E-state index < -0.39 is 6.10 Å². The number of hydrogen-bond acceptors (Lipinski definition) is 4. The minimum atomic E-state index is -0.843. The van der Waals surface area contributed by atoms with E-state index in [1.165, 1.54) is 82.9 Å². The SMILES string of the molecule is CC1C=CC2=C(C1)c1cc3c(c4cccc2c14)NC1=C(C2=C(O)/C(=C4\CCCC5(C)C4=Nc4c5cc5c6c(cccc46)-c4ccccc4-5)C2O)CCCC13C. The van der Waals surface area contributed by atoms with E-state index in [2.05, 4.69) is 111 Å². The van der Waals surface area contributed by atoms with E-state index in [0.717, 1.165) is 73.2 Å². The zero-order valence-corrected chi connectivity index (χ0v) is 31.5. The van der Waals surface area contributed by atoms with Gasteiger partial charge in [0, 0.05) is 38.4 Å². The average Bonchev–Trinajstić information content (AvgIpc) is 3.89. The zero-order chi connectivity index (χ0) is 36.7. The topological polar surface area (TPSA) is 64.8 Å². The molecule has 4 heteroatoms. The molecule has 3 N–H and O–H groups in total. The molecule has 0 spiro atoms. The standard InChI is InChI=1S/C51H42N2O2/c1-25-18-19-28-30-13-7-15-32-41(30)37(35(28)22-25)24-39-45(32)53-49-34(17-9-21-51(39,49)3)43-46(54)42(47(43)55)33-16-8-20-50(2)38-23-36-27-11-5-4-10-26(27)29-12-6-14-31(40(29)36)44(38)52-48(33)50/h4-7,10-15,18-19,23-25,46,53-55H,8-9,16-17,20-22H2,1-3H3/b42-33+. The molecule has 0 radical (unpaired) electrons. The summed E-state index contributed by atoms with van der Waals surface area (Å²) in [7, 11) is 0. The number of nitrogens with zero attached hydrogens (tertiary/aromatic N) is 1. The highest BCUT2D eigenvalue weighted by Gasteiger charge is 2.51. The van der Waals surface area contributed by atoms with Crippen LogP contribution in [0.15, 0.2) is 124 Å². The smallest absolute Gasteiger partial charge is 0.128 e. The van der Waals surface area contributed by atoms with Gasteiger partial charge >= 0.3 is 0 Å². The van der Waals surface area contributed by atoms with Gasteiger partial charge in [-0.2, -0.15) is 0 Å². The van der Waals surface area contributed by atoms with Gasteiger partial charge in [0.05, 0.1) is 17.1 Å². The monoisotopic (exact) mass is 714 g/mol. The molecule has 0 amide bonds. The summed E-state index contributed by atoms with van der Waals surface area (Å²) in [5, 5.41) is 33.6. The van der Waals surface area contributed by atoms with Gasteiger partial charge in [0.15, 0.2) is 0 Å². The minimum Gasteiger partial charge on any atom is -0.507 e. The van der Waals surface area contributed by atoms with Crippen molar-refractivity contribution in [2.45, 2.75) is 82.7 Å². The number of anilines is 1. The molecule has 8 aliphatic rings. The molecule has 0 bridgehead atoms. The highest BCUT2D eigenvalue weighted by Crippen LogP contribution is 2.61. The van der Waals surface area contributed by atoms with Crippen LogP contribution in [0.1, 0.15) is 88.0 Å². The second-order valence-electron chi connectivity index (χ2n) is 18.0. The summed E-state index contributed by atoms with van der Waals surface area (Å²) in [6.45, 7) is 7.04. The van der Waals surface area contributed by atoms with E-state index >= 15 is 0 Å². The Morgan fingerprint density at radius 3 is 2.22 bits per heavy atom. The van der Waals surface area contributed by atoms with Crippen LogP contribution in [0.3, 0.4) is 0 Å². The van der Waals surface area contributed by atoms with Gasteiger partial charge in [-0.3, -0.25) is 4.99 Å². The van der Waals surface area contributed by atoms with Crippen molar-refractivity contribution in [3.05, 3.63) is 141 Å². The van der Waals surface area contributed by atoms with Gasteiger partial charge in [0.2, 0.25) is 0 Å². The van der Waals surface area contributed by atoms with Crippen LogP contribution in [0.25, 0.3) is 54.9 Å². The molecule has 4 unspecified atom stereocenters. The number of aliphatic hydroxyl groups excluding tert-OH is 2. The first-order valence-electron chi connectivity index (χ1n) is 20.4. The lowest BCUT2D eigenvalue weighted by atomic mass is 9.64. The van der Waals surface area contributed by atoms with Crippen LogP contribution in [0.5, 0.6) is 0 Å². The average molecular weight is 715 g/mol. The second kappa shape index (κ2) is 10.0. The fraction of sp³-hybridized carbons (Fsp3) is 0.275. The molecule has 6 aliphatic carbocycles. The molecule has 1 fully saturated rings. The first-order chi connectivity index (χ1) is 26.8. The van der Waals surface area contributed by atoms with Crippen LogP contribution in [0.2, 0.25) is 0 Å². The Balaban J connectivity index is 0.947. The minimum absolute atomic E-state index is 0.221. The molecule has 5 aromatic carbocycles. The van der Waals surface area contributed by atoms with Crippen molar-refractivity contribution in [1.82, 2.24) is 0 Å². The van der Waals surface area contributed by atoms with Crippen LogP contribution in [-0.4, -0.2) is 22.0 Å². The normalized spacial score (nSPS) is 28.9. The van der Waals surface area contributed by atoms with Crippen LogP contribution in [0, 0.1) is 5.92 Å². The summed E-state index contributed by atoms with van der Waals surface area (Å²) in [5.74, 6) is 0.795. The lowest BCUT2D eigenvalue weighted by Crippen LogP contribution is -2.40. The van der Waals surface area contributed by atoms with E-state index in [1.54, 1.807) is 0 Å². The summed E-state index contributed by atoms with van der Waals surface area (Å²) in [4.78, 5) is 5.49. The number of allylic oxidation sites excluding steroid dienone is 6.